The number of anilines is 1. The van der Waals surface area contributed by atoms with Gasteiger partial charge in [-0.25, -0.2) is 4.98 Å². The SMILES string of the molecule is CN(C(=O)C1(C#N)CCC1)c1ccccn1. The molecule has 0 bridgehead atoms. The highest BCUT2D eigenvalue weighted by Crippen LogP contribution is 2.42. The van der Waals surface area contributed by atoms with Crippen LogP contribution in [0.4, 0.5) is 5.82 Å². The molecule has 0 radical (unpaired) electrons. The molecule has 1 aromatic heterocycles. The summed E-state index contributed by atoms with van der Waals surface area (Å²) in [5, 5.41) is 9.08. The van der Waals surface area contributed by atoms with Gasteiger partial charge in [0.1, 0.15) is 11.2 Å². The van der Waals surface area contributed by atoms with Crippen molar-refractivity contribution in [3.63, 3.8) is 0 Å². The lowest BCUT2D eigenvalue weighted by Crippen LogP contribution is -2.45. The summed E-state index contributed by atoms with van der Waals surface area (Å²) in [5.74, 6) is 0.453. The van der Waals surface area contributed by atoms with E-state index in [0.29, 0.717) is 18.7 Å². The third-order valence-corrected chi connectivity index (χ3v) is 3.13. The Morgan fingerprint density at radius 1 is 1.56 bits per heavy atom. The number of hydrogen-bond acceptors (Lipinski definition) is 3. The molecule has 1 aromatic rings. The number of amides is 1. The summed E-state index contributed by atoms with van der Waals surface area (Å²) in [6.45, 7) is 0. The first-order valence-electron chi connectivity index (χ1n) is 5.30. The molecule has 0 unspecified atom stereocenters. The lowest BCUT2D eigenvalue weighted by molar-refractivity contribution is -0.128. The van der Waals surface area contributed by atoms with Crippen molar-refractivity contribution in [2.24, 2.45) is 5.41 Å². The molecule has 0 saturated heterocycles. The molecule has 1 heterocycles. The minimum atomic E-state index is -0.799. The molecule has 0 aromatic carbocycles. The molecular formula is C12H13N3O. The van der Waals surface area contributed by atoms with Crippen molar-refractivity contribution in [2.45, 2.75) is 19.3 Å². The van der Waals surface area contributed by atoms with E-state index in [1.54, 1.807) is 25.4 Å². The van der Waals surface area contributed by atoms with E-state index < -0.39 is 5.41 Å². The normalized spacial score (nSPS) is 17.0. The molecule has 82 valence electrons. The molecule has 0 N–H and O–H groups in total. The molecule has 1 aliphatic carbocycles. The fraction of sp³-hybridized carbons (Fsp3) is 0.417. The van der Waals surface area contributed by atoms with Crippen LogP contribution in [-0.4, -0.2) is 17.9 Å². The Balaban J connectivity index is 2.20. The van der Waals surface area contributed by atoms with Crippen molar-refractivity contribution < 1.29 is 4.79 Å². The van der Waals surface area contributed by atoms with Gasteiger partial charge in [0, 0.05) is 13.2 Å². The van der Waals surface area contributed by atoms with Gasteiger partial charge in [-0.3, -0.25) is 9.69 Å². The first kappa shape index (κ1) is 10.6. The summed E-state index contributed by atoms with van der Waals surface area (Å²) < 4.78 is 0. The summed E-state index contributed by atoms with van der Waals surface area (Å²) in [7, 11) is 1.67. The van der Waals surface area contributed by atoms with E-state index >= 15 is 0 Å². The molecular weight excluding hydrogens is 202 g/mol. The van der Waals surface area contributed by atoms with Gasteiger partial charge in [-0.1, -0.05) is 6.07 Å². The van der Waals surface area contributed by atoms with E-state index in [9.17, 15) is 4.79 Å². The van der Waals surface area contributed by atoms with Crippen LogP contribution in [0.1, 0.15) is 19.3 Å². The van der Waals surface area contributed by atoms with E-state index in [-0.39, 0.29) is 5.91 Å². The zero-order valence-electron chi connectivity index (χ0n) is 9.18. The molecule has 1 saturated carbocycles. The number of rotatable bonds is 2. The quantitative estimate of drug-likeness (QED) is 0.755. The van der Waals surface area contributed by atoms with Crippen LogP contribution in [0.15, 0.2) is 24.4 Å². The van der Waals surface area contributed by atoms with Crippen LogP contribution in [0.5, 0.6) is 0 Å². The standard InChI is InChI=1S/C12H13N3O/c1-15(10-5-2-3-8-14-10)11(16)12(9-13)6-4-7-12/h2-3,5,8H,4,6-7H2,1H3. The maximum absolute atomic E-state index is 12.1. The maximum Gasteiger partial charge on any atom is 0.248 e. The number of pyridine rings is 1. The van der Waals surface area contributed by atoms with Gasteiger partial charge < -0.3 is 0 Å². The lowest BCUT2D eigenvalue weighted by atomic mass is 9.69. The van der Waals surface area contributed by atoms with Crippen LogP contribution < -0.4 is 4.90 Å². The summed E-state index contributed by atoms with van der Waals surface area (Å²) >= 11 is 0. The van der Waals surface area contributed by atoms with Crippen molar-refractivity contribution in [3.05, 3.63) is 24.4 Å². The van der Waals surface area contributed by atoms with Gasteiger partial charge in [-0.15, -0.1) is 0 Å². The second-order valence-corrected chi connectivity index (χ2v) is 4.10. The summed E-state index contributed by atoms with van der Waals surface area (Å²) in [5.41, 5.74) is -0.799. The average Bonchev–Trinajstić information content (AvgIpc) is 2.28. The second-order valence-electron chi connectivity index (χ2n) is 4.10. The first-order chi connectivity index (χ1) is 7.69. The van der Waals surface area contributed by atoms with E-state index in [1.807, 2.05) is 6.07 Å². The molecule has 16 heavy (non-hydrogen) atoms. The molecule has 0 aliphatic heterocycles. The number of nitriles is 1. The fourth-order valence-corrected chi connectivity index (χ4v) is 1.88. The number of carbonyl (C=O) groups is 1. The van der Waals surface area contributed by atoms with Gasteiger partial charge in [0.15, 0.2) is 0 Å². The Kier molecular flexibility index (Phi) is 2.61. The number of carbonyl (C=O) groups excluding carboxylic acids is 1. The van der Waals surface area contributed by atoms with Crippen LogP contribution in [0.25, 0.3) is 0 Å². The Hall–Kier alpha value is -1.89. The topological polar surface area (TPSA) is 57.0 Å². The van der Waals surface area contributed by atoms with Gasteiger partial charge in [-0.2, -0.15) is 5.26 Å². The highest BCUT2D eigenvalue weighted by Gasteiger charge is 2.46. The summed E-state index contributed by atoms with van der Waals surface area (Å²) in [6.07, 6.45) is 3.92. The molecule has 4 nitrogen and oxygen atoms in total. The monoisotopic (exact) mass is 215 g/mol. The minimum absolute atomic E-state index is 0.139. The molecule has 4 heteroatoms. The van der Waals surface area contributed by atoms with Gasteiger partial charge >= 0.3 is 0 Å². The number of aromatic nitrogens is 1. The van der Waals surface area contributed by atoms with Gasteiger partial charge in [-0.05, 0) is 31.4 Å². The van der Waals surface area contributed by atoms with Gasteiger partial charge in [0.05, 0.1) is 6.07 Å². The predicted molar refractivity (Wildman–Crippen MR) is 59.5 cm³/mol. The maximum atomic E-state index is 12.1. The second kappa shape index (κ2) is 3.93. The Bertz CT molecular complexity index is 431. The molecule has 2 rings (SSSR count). The zero-order valence-corrected chi connectivity index (χ0v) is 9.18. The Labute approximate surface area is 94.5 Å². The Morgan fingerprint density at radius 2 is 2.31 bits per heavy atom. The number of nitrogens with zero attached hydrogens (tertiary/aromatic N) is 3. The van der Waals surface area contributed by atoms with Crippen molar-refractivity contribution in [2.75, 3.05) is 11.9 Å². The predicted octanol–water partition coefficient (Wildman–Crippen LogP) is 1.74. The van der Waals surface area contributed by atoms with Gasteiger partial charge in [0.25, 0.3) is 0 Å². The van der Waals surface area contributed by atoms with E-state index in [4.69, 9.17) is 5.26 Å². The van der Waals surface area contributed by atoms with Crippen LogP contribution in [0.3, 0.4) is 0 Å². The molecule has 1 aliphatic rings. The first-order valence-corrected chi connectivity index (χ1v) is 5.30. The van der Waals surface area contributed by atoms with Crippen molar-refractivity contribution in [3.8, 4) is 6.07 Å². The van der Waals surface area contributed by atoms with E-state index in [1.165, 1.54) is 4.90 Å². The molecule has 1 fully saturated rings. The largest absolute Gasteiger partial charge is 0.299 e. The summed E-state index contributed by atoms with van der Waals surface area (Å²) in [4.78, 5) is 17.7. The lowest BCUT2D eigenvalue weighted by Gasteiger charge is -2.36. The van der Waals surface area contributed by atoms with Gasteiger partial charge in [0.2, 0.25) is 5.91 Å². The third kappa shape index (κ3) is 1.54. The minimum Gasteiger partial charge on any atom is -0.299 e. The van der Waals surface area contributed by atoms with Crippen molar-refractivity contribution in [1.82, 2.24) is 4.98 Å². The molecule has 1 amide bonds. The average molecular weight is 215 g/mol. The number of hydrogen-bond donors (Lipinski definition) is 0. The van der Waals surface area contributed by atoms with Crippen LogP contribution in [0.2, 0.25) is 0 Å². The van der Waals surface area contributed by atoms with Crippen LogP contribution in [-0.2, 0) is 4.79 Å². The zero-order chi connectivity index (χ0) is 11.6. The highest BCUT2D eigenvalue weighted by atomic mass is 16.2. The highest BCUT2D eigenvalue weighted by molar-refractivity contribution is 5.98. The van der Waals surface area contributed by atoms with Crippen LogP contribution in [0, 0.1) is 16.7 Å². The smallest absolute Gasteiger partial charge is 0.248 e. The third-order valence-electron chi connectivity index (χ3n) is 3.13. The van der Waals surface area contributed by atoms with Crippen LogP contribution >= 0.6 is 0 Å². The Morgan fingerprint density at radius 3 is 2.75 bits per heavy atom. The van der Waals surface area contributed by atoms with Crippen molar-refractivity contribution in [1.29, 1.82) is 5.26 Å². The van der Waals surface area contributed by atoms with E-state index in [0.717, 1.165) is 6.42 Å². The van der Waals surface area contributed by atoms with E-state index in [2.05, 4.69) is 11.1 Å². The summed E-state index contributed by atoms with van der Waals surface area (Å²) in [6, 6.07) is 7.53. The van der Waals surface area contributed by atoms with Crippen molar-refractivity contribution >= 4 is 11.7 Å². The molecule has 0 spiro atoms. The fourth-order valence-electron chi connectivity index (χ4n) is 1.88. The molecule has 0 atom stereocenters.